The van der Waals surface area contributed by atoms with Crippen molar-refractivity contribution in [3.63, 3.8) is 0 Å². The Morgan fingerprint density at radius 1 is 1.67 bits per heavy atom. The number of benzene rings is 1. The summed E-state index contributed by atoms with van der Waals surface area (Å²) in [5, 5.41) is 11.4. The summed E-state index contributed by atoms with van der Waals surface area (Å²) >= 11 is 9.23. The first kappa shape index (κ1) is 12.0. The maximum atomic E-state index is 11.1. The predicted octanol–water partition coefficient (Wildman–Crippen LogP) is 3.26. The summed E-state index contributed by atoms with van der Waals surface area (Å²) in [7, 11) is 0. The maximum Gasteiger partial charge on any atom is 0.238 e. The van der Waals surface area contributed by atoms with Crippen molar-refractivity contribution < 1.29 is 4.79 Å². The fraction of sp³-hybridized carbons (Fsp3) is 0.200. The quantitative estimate of drug-likeness (QED) is 0.907. The fourth-order valence-electron chi connectivity index (χ4n) is 1.08. The molecule has 0 aliphatic rings. The van der Waals surface area contributed by atoms with E-state index in [0.29, 0.717) is 10.7 Å². The van der Waals surface area contributed by atoms with Crippen molar-refractivity contribution in [2.45, 2.75) is 13.3 Å². The first-order valence-electron chi connectivity index (χ1n) is 4.17. The third-order valence-electron chi connectivity index (χ3n) is 1.73. The lowest BCUT2D eigenvalue weighted by molar-refractivity contribution is -0.115. The topological polar surface area (TPSA) is 52.9 Å². The molecule has 0 spiro atoms. The van der Waals surface area contributed by atoms with Crippen molar-refractivity contribution in [2.75, 3.05) is 5.32 Å². The SMILES string of the molecule is Cc1cc(NC(=O)CC#N)cc(Cl)c1Br. The molecular formula is C10H8BrClN2O. The molecule has 0 saturated carbocycles. The molecule has 15 heavy (non-hydrogen) atoms. The van der Waals surface area contributed by atoms with E-state index in [1.165, 1.54) is 0 Å². The van der Waals surface area contributed by atoms with Crippen molar-refractivity contribution >= 4 is 39.1 Å². The normalized spacial score (nSPS) is 9.47. The van der Waals surface area contributed by atoms with Crippen LogP contribution in [0.2, 0.25) is 5.02 Å². The van der Waals surface area contributed by atoms with Crippen LogP contribution in [-0.4, -0.2) is 5.91 Å². The van der Waals surface area contributed by atoms with E-state index in [1.54, 1.807) is 18.2 Å². The number of rotatable bonds is 2. The van der Waals surface area contributed by atoms with Gasteiger partial charge in [-0.1, -0.05) is 11.6 Å². The van der Waals surface area contributed by atoms with E-state index in [1.807, 2.05) is 6.92 Å². The summed E-state index contributed by atoms with van der Waals surface area (Å²) in [6, 6.07) is 5.19. The molecule has 0 atom stereocenters. The van der Waals surface area contributed by atoms with Crippen molar-refractivity contribution in [1.29, 1.82) is 5.26 Å². The largest absolute Gasteiger partial charge is 0.325 e. The number of nitriles is 1. The van der Waals surface area contributed by atoms with Gasteiger partial charge < -0.3 is 5.32 Å². The van der Waals surface area contributed by atoms with Crippen molar-refractivity contribution in [1.82, 2.24) is 0 Å². The van der Waals surface area contributed by atoms with E-state index in [9.17, 15) is 4.79 Å². The Morgan fingerprint density at radius 2 is 2.33 bits per heavy atom. The molecule has 1 aromatic carbocycles. The molecule has 0 heterocycles. The maximum absolute atomic E-state index is 11.1. The molecule has 0 saturated heterocycles. The van der Waals surface area contributed by atoms with Gasteiger partial charge in [-0.25, -0.2) is 0 Å². The number of carbonyl (C=O) groups excluding carboxylic acids is 1. The van der Waals surface area contributed by atoms with E-state index >= 15 is 0 Å². The van der Waals surface area contributed by atoms with Crippen LogP contribution in [0, 0.1) is 18.3 Å². The highest BCUT2D eigenvalue weighted by Gasteiger charge is 2.06. The van der Waals surface area contributed by atoms with Crippen LogP contribution >= 0.6 is 27.5 Å². The van der Waals surface area contributed by atoms with Crippen LogP contribution < -0.4 is 5.32 Å². The highest BCUT2D eigenvalue weighted by molar-refractivity contribution is 9.10. The van der Waals surface area contributed by atoms with Gasteiger partial charge in [-0.05, 0) is 40.5 Å². The molecule has 0 aliphatic carbocycles. The monoisotopic (exact) mass is 286 g/mol. The molecule has 0 radical (unpaired) electrons. The highest BCUT2D eigenvalue weighted by Crippen LogP contribution is 2.29. The second kappa shape index (κ2) is 5.15. The molecule has 5 heteroatoms. The van der Waals surface area contributed by atoms with Gasteiger partial charge in [0.15, 0.2) is 0 Å². The lowest BCUT2D eigenvalue weighted by Crippen LogP contribution is -2.10. The Hall–Kier alpha value is -1.05. The average molecular weight is 288 g/mol. The van der Waals surface area contributed by atoms with Gasteiger partial charge >= 0.3 is 0 Å². The zero-order valence-electron chi connectivity index (χ0n) is 7.97. The number of nitrogens with one attached hydrogen (secondary N) is 1. The second-order valence-corrected chi connectivity index (χ2v) is 4.17. The Bertz CT molecular complexity index is 417. The molecule has 0 fully saturated rings. The van der Waals surface area contributed by atoms with Crippen LogP contribution in [0.5, 0.6) is 0 Å². The minimum absolute atomic E-state index is 0.160. The molecule has 1 aromatic rings. The number of aryl methyl sites for hydroxylation is 1. The van der Waals surface area contributed by atoms with E-state index in [4.69, 9.17) is 16.9 Å². The molecule has 1 rings (SSSR count). The first-order valence-corrected chi connectivity index (χ1v) is 5.34. The van der Waals surface area contributed by atoms with Gasteiger partial charge in [-0.3, -0.25) is 4.79 Å². The lowest BCUT2D eigenvalue weighted by atomic mass is 10.2. The van der Waals surface area contributed by atoms with Gasteiger partial charge in [-0.2, -0.15) is 5.26 Å². The summed E-state index contributed by atoms with van der Waals surface area (Å²) in [6.45, 7) is 1.87. The summed E-state index contributed by atoms with van der Waals surface area (Å²) in [5.41, 5.74) is 1.52. The summed E-state index contributed by atoms with van der Waals surface area (Å²) in [4.78, 5) is 11.1. The molecule has 0 unspecified atom stereocenters. The smallest absolute Gasteiger partial charge is 0.238 e. The van der Waals surface area contributed by atoms with Gasteiger partial charge in [0, 0.05) is 10.2 Å². The van der Waals surface area contributed by atoms with Crippen LogP contribution in [0.25, 0.3) is 0 Å². The molecule has 3 nitrogen and oxygen atoms in total. The summed E-state index contributed by atoms with van der Waals surface area (Å²) in [5.74, 6) is -0.338. The molecule has 0 aliphatic heterocycles. The van der Waals surface area contributed by atoms with Crippen molar-refractivity contribution in [3.05, 3.63) is 27.2 Å². The fourth-order valence-corrected chi connectivity index (χ4v) is 1.57. The lowest BCUT2D eigenvalue weighted by Gasteiger charge is -2.07. The Balaban J connectivity index is 2.89. The number of hydrogen-bond acceptors (Lipinski definition) is 2. The van der Waals surface area contributed by atoms with Crippen LogP contribution in [0.1, 0.15) is 12.0 Å². The molecule has 0 aromatic heterocycles. The summed E-state index contributed by atoms with van der Waals surface area (Å²) in [6.07, 6.45) is -0.160. The number of amides is 1. The number of nitrogens with zero attached hydrogens (tertiary/aromatic N) is 1. The Labute approximate surface area is 101 Å². The number of carbonyl (C=O) groups is 1. The first-order chi connectivity index (χ1) is 7.04. The standard InChI is InChI=1S/C10H8BrClN2O/c1-6-4-7(5-8(12)10(6)11)14-9(15)2-3-13/h4-5H,2H2,1H3,(H,14,15). The van der Waals surface area contributed by atoms with Crippen molar-refractivity contribution in [2.24, 2.45) is 0 Å². The Kier molecular flexibility index (Phi) is 4.13. The summed E-state index contributed by atoms with van der Waals surface area (Å²) < 4.78 is 0.808. The van der Waals surface area contributed by atoms with Gasteiger partial charge in [0.1, 0.15) is 6.42 Å². The van der Waals surface area contributed by atoms with Crippen molar-refractivity contribution in [3.8, 4) is 6.07 Å². The van der Waals surface area contributed by atoms with E-state index < -0.39 is 0 Å². The van der Waals surface area contributed by atoms with Crippen LogP contribution in [0.15, 0.2) is 16.6 Å². The second-order valence-electron chi connectivity index (χ2n) is 2.97. The molecule has 78 valence electrons. The van der Waals surface area contributed by atoms with Crippen LogP contribution in [0.4, 0.5) is 5.69 Å². The van der Waals surface area contributed by atoms with E-state index in [0.717, 1.165) is 10.0 Å². The van der Waals surface area contributed by atoms with Gasteiger partial charge in [0.25, 0.3) is 0 Å². The minimum Gasteiger partial charge on any atom is -0.325 e. The molecule has 1 N–H and O–H groups in total. The zero-order chi connectivity index (χ0) is 11.4. The van der Waals surface area contributed by atoms with Crippen LogP contribution in [0.3, 0.4) is 0 Å². The predicted molar refractivity (Wildman–Crippen MR) is 62.7 cm³/mol. The van der Waals surface area contributed by atoms with E-state index in [2.05, 4.69) is 21.2 Å². The number of anilines is 1. The number of hydrogen-bond donors (Lipinski definition) is 1. The Morgan fingerprint density at radius 3 is 2.87 bits per heavy atom. The van der Waals surface area contributed by atoms with Gasteiger partial charge in [0.05, 0.1) is 11.1 Å². The molecular weight excluding hydrogens is 279 g/mol. The molecule has 0 bridgehead atoms. The highest BCUT2D eigenvalue weighted by atomic mass is 79.9. The third kappa shape index (κ3) is 3.22. The third-order valence-corrected chi connectivity index (χ3v) is 3.31. The number of halogens is 2. The van der Waals surface area contributed by atoms with Gasteiger partial charge in [0.2, 0.25) is 5.91 Å². The van der Waals surface area contributed by atoms with Crippen LogP contribution in [-0.2, 0) is 4.79 Å². The average Bonchev–Trinajstić information content (AvgIpc) is 2.14. The molecule has 1 amide bonds. The van der Waals surface area contributed by atoms with Gasteiger partial charge in [-0.15, -0.1) is 0 Å². The minimum atomic E-state index is -0.338. The zero-order valence-corrected chi connectivity index (χ0v) is 10.3. The van der Waals surface area contributed by atoms with E-state index in [-0.39, 0.29) is 12.3 Å².